The summed E-state index contributed by atoms with van der Waals surface area (Å²) in [6, 6.07) is 1.08. The van der Waals surface area contributed by atoms with Crippen LogP contribution >= 0.6 is 7.82 Å². The van der Waals surface area contributed by atoms with Gasteiger partial charge in [0.1, 0.15) is 18.3 Å². The highest BCUT2D eigenvalue weighted by Crippen LogP contribution is 2.44. The predicted molar refractivity (Wildman–Crippen MR) is 74.6 cm³/mol. The molecule has 0 saturated carbocycles. The first-order valence-electron chi connectivity index (χ1n) is 6.56. The number of ether oxygens (including phenoxy) is 2. The van der Waals surface area contributed by atoms with E-state index in [2.05, 4.69) is 4.52 Å². The van der Waals surface area contributed by atoms with Gasteiger partial charge in [-0.25, -0.2) is 9.36 Å². The summed E-state index contributed by atoms with van der Waals surface area (Å²) in [4.78, 5) is 43.1. The number of H-pyrrole nitrogens is 1. The second kappa shape index (κ2) is 6.65. The molecule has 1 aromatic rings. The minimum atomic E-state index is -4.90. The van der Waals surface area contributed by atoms with E-state index >= 15 is 0 Å². The van der Waals surface area contributed by atoms with Gasteiger partial charge in [0.15, 0.2) is 6.23 Å². The highest BCUT2D eigenvalue weighted by atomic mass is 31.2. The summed E-state index contributed by atoms with van der Waals surface area (Å²) in [7, 11) is -3.66. The maximum Gasteiger partial charge on any atom is 0.470 e. The SMILES string of the molecule is CO[C@@H]1[C@H](OP(=O)(O)O)[C@@H]([C@@H](C)O)O[C@H]1n1ccc(=O)[nH]c1=O. The third-order valence-corrected chi connectivity index (χ3v) is 3.88. The topological polar surface area (TPSA) is 160 Å². The lowest BCUT2D eigenvalue weighted by Crippen LogP contribution is -2.41. The molecule has 0 radical (unpaired) electrons. The Morgan fingerprint density at radius 3 is 2.52 bits per heavy atom. The van der Waals surface area contributed by atoms with E-state index in [-0.39, 0.29) is 0 Å². The molecule has 0 aliphatic carbocycles. The minimum absolute atomic E-state index is 0.617. The number of aromatic nitrogens is 2. The standard InChI is InChI=1S/C11H17N2O9P/c1-5(14)7-8(22-23(17,18)19)9(20-2)10(21-7)13-4-3-6(15)12-11(13)16/h3-5,7-10,14H,1-2H3,(H,12,15,16)(H2,17,18,19)/t5-,7-,8-,9-,10-/m1/s1. The first-order valence-corrected chi connectivity index (χ1v) is 8.09. The van der Waals surface area contributed by atoms with Crippen LogP contribution in [0.4, 0.5) is 0 Å². The second-order valence-electron chi connectivity index (χ2n) is 5.01. The first-order chi connectivity index (χ1) is 10.6. The summed E-state index contributed by atoms with van der Waals surface area (Å²) in [6.07, 6.45) is -4.75. The van der Waals surface area contributed by atoms with Crippen LogP contribution in [0.15, 0.2) is 21.9 Å². The number of hydrogen-bond acceptors (Lipinski definition) is 7. The van der Waals surface area contributed by atoms with Gasteiger partial charge in [-0.1, -0.05) is 0 Å². The van der Waals surface area contributed by atoms with Crippen molar-refractivity contribution < 1.29 is 33.5 Å². The van der Waals surface area contributed by atoms with E-state index in [9.17, 15) is 19.3 Å². The molecule has 0 unspecified atom stereocenters. The van der Waals surface area contributed by atoms with Crippen molar-refractivity contribution in [3.63, 3.8) is 0 Å². The Hall–Kier alpha value is -1.33. The average Bonchev–Trinajstić information content (AvgIpc) is 2.75. The van der Waals surface area contributed by atoms with E-state index in [1.165, 1.54) is 14.0 Å². The molecule has 1 saturated heterocycles. The van der Waals surface area contributed by atoms with E-state index in [1.54, 1.807) is 0 Å². The molecule has 12 heteroatoms. The Morgan fingerprint density at radius 2 is 2.04 bits per heavy atom. The van der Waals surface area contributed by atoms with Crippen LogP contribution in [0, 0.1) is 0 Å². The van der Waals surface area contributed by atoms with Gasteiger partial charge in [0.2, 0.25) is 0 Å². The third-order valence-electron chi connectivity index (χ3n) is 3.36. The number of aromatic amines is 1. The molecule has 130 valence electrons. The van der Waals surface area contributed by atoms with E-state index < -0.39 is 49.7 Å². The zero-order valence-corrected chi connectivity index (χ0v) is 13.1. The number of nitrogens with zero attached hydrogens (tertiary/aromatic N) is 1. The molecular formula is C11H17N2O9P. The fraction of sp³-hybridized carbons (Fsp3) is 0.636. The lowest BCUT2D eigenvalue weighted by molar-refractivity contribution is -0.0823. The third kappa shape index (κ3) is 3.96. The monoisotopic (exact) mass is 352 g/mol. The van der Waals surface area contributed by atoms with Crippen molar-refractivity contribution in [2.75, 3.05) is 7.11 Å². The molecule has 0 aromatic carbocycles. The molecule has 2 heterocycles. The van der Waals surface area contributed by atoms with Gasteiger partial charge >= 0.3 is 13.5 Å². The number of phosphoric acid groups is 1. The number of methoxy groups -OCH3 is 1. The molecule has 4 N–H and O–H groups in total. The first kappa shape index (κ1) is 18.0. The van der Waals surface area contributed by atoms with Crippen LogP contribution in [0.25, 0.3) is 0 Å². The fourth-order valence-electron chi connectivity index (χ4n) is 2.43. The van der Waals surface area contributed by atoms with Crippen LogP contribution in [0.3, 0.4) is 0 Å². The Labute approximate surface area is 129 Å². The second-order valence-corrected chi connectivity index (χ2v) is 6.20. The van der Waals surface area contributed by atoms with Crippen LogP contribution in [0.5, 0.6) is 0 Å². The number of aliphatic hydroxyl groups excluding tert-OH is 1. The predicted octanol–water partition coefficient (Wildman–Crippen LogP) is -1.69. The Balaban J connectivity index is 2.43. The molecule has 0 bridgehead atoms. The van der Waals surface area contributed by atoms with E-state index in [4.69, 9.17) is 19.3 Å². The summed E-state index contributed by atoms with van der Waals surface area (Å²) in [6.45, 7) is 1.34. The fourth-order valence-corrected chi connectivity index (χ4v) is 2.99. The number of phosphoric ester groups is 1. The van der Waals surface area contributed by atoms with Gasteiger partial charge in [0.25, 0.3) is 5.56 Å². The smallest absolute Gasteiger partial charge is 0.391 e. The zero-order valence-electron chi connectivity index (χ0n) is 12.2. The number of aliphatic hydroxyl groups is 1. The summed E-state index contributed by atoms with van der Waals surface area (Å²) in [5, 5.41) is 9.75. The quantitative estimate of drug-likeness (QED) is 0.453. The Kier molecular flexibility index (Phi) is 5.21. The molecule has 23 heavy (non-hydrogen) atoms. The molecule has 0 spiro atoms. The molecule has 1 fully saturated rings. The summed E-state index contributed by atoms with van der Waals surface area (Å²) < 4.78 is 27.4. The van der Waals surface area contributed by atoms with Gasteiger partial charge in [-0.3, -0.25) is 18.9 Å². The van der Waals surface area contributed by atoms with Gasteiger partial charge in [0.05, 0.1) is 6.10 Å². The van der Waals surface area contributed by atoms with Crippen LogP contribution in [-0.2, 0) is 18.6 Å². The largest absolute Gasteiger partial charge is 0.470 e. The lowest BCUT2D eigenvalue weighted by Gasteiger charge is -2.24. The molecule has 11 nitrogen and oxygen atoms in total. The van der Waals surface area contributed by atoms with Crippen molar-refractivity contribution in [1.29, 1.82) is 0 Å². The zero-order chi connectivity index (χ0) is 17.4. The summed E-state index contributed by atoms with van der Waals surface area (Å²) in [5.74, 6) is 0. The van der Waals surface area contributed by atoms with Gasteiger partial charge in [0, 0.05) is 19.4 Å². The maximum absolute atomic E-state index is 11.9. The summed E-state index contributed by atoms with van der Waals surface area (Å²) in [5.41, 5.74) is -1.42. The van der Waals surface area contributed by atoms with E-state index in [1.807, 2.05) is 4.98 Å². The van der Waals surface area contributed by atoms with Crippen LogP contribution in [-0.4, -0.2) is 56.0 Å². The normalized spacial score (nSPS) is 29.6. The van der Waals surface area contributed by atoms with Crippen LogP contribution in [0.1, 0.15) is 13.2 Å². The summed E-state index contributed by atoms with van der Waals surface area (Å²) >= 11 is 0. The number of hydrogen-bond donors (Lipinski definition) is 4. The highest BCUT2D eigenvalue weighted by Gasteiger charge is 2.51. The van der Waals surface area contributed by atoms with Crippen molar-refractivity contribution in [1.82, 2.24) is 9.55 Å². The van der Waals surface area contributed by atoms with Gasteiger partial charge in [-0.15, -0.1) is 0 Å². The molecule has 1 aromatic heterocycles. The average molecular weight is 352 g/mol. The van der Waals surface area contributed by atoms with Crippen molar-refractivity contribution >= 4 is 7.82 Å². The molecular weight excluding hydrogens is 335 g/mol. The molecule has 2 rings (SSSR count). The number of nitrogens with one attached hydrogen (secondary N) is 1. The van der Waals surface area contributed by atoms with E-state index in [0.29, 0.717) is 0 Å². The van der Waals surface area contributed by atoms with Gasteiger partial charge in [-0.05, 0) is 6.92 Å². The Morgan fingerprint density at radius 1 is 1.39 bits per heavy atom. The van der Waals surface area contributed by atoms with Crippen LogP contribution in [0.2, 0.25) is 0 Å². The lowest BCUT2D eigenvalue weighted by atomic mass is 10.1. The Bertz CT molecular complexity index is 708. The minimum Gasteiger partial charge on any atom is -0.391 e. The van der Waals surface area contributed by atoms with Crippen molar-refractivity contribution in [3.8, 4) is 0 Å². The van der Waals surface area contributed by atoms with Crippen molar-refractivity contribution in [3.05, 3.63) is 33.1 Å². The van der Waals surface area contributed by atoms with Crippen molar-refractivity contribution in [2.24, 2.45) is 0 Å². The van der Waals surface area contributed by atoms with E-state index in [0.717, 1.165) is 16.8 Å². The van der Waals surface area contributed by atoms with Gasteiger partial charge in [-0.2, -0.15) is 0 Å². The maximum atomic E-state index is 11.9. The molecule has 5 atom stereocenters. The number of rotatable bonds is 5. The molecule has 1 aliphatic rings. The molecule has 0 amide bonds. The van der Waals surface area contributed by atoms with Crippen molar-refractivity contribution in [2.45, 2.75) is 37.6 Å². The van der Waals surface area contributed by atoms with Crippen LogP contribution < -0.4 is 11.2 Å². The van der Waals surface area contributed by atoms with Gasteiger partial charge < -0.3 is 24.4 Å². The molecule has 1 aliphatic heterocycles. The highest BCUT2D eigenvalue weighted by molar-refractivity contribution is 7.46.